The van der Waals surface area contributed by atoms with Crippen molar-refractivity contribution in [1.29, 1.82) is 0 Å². The number of ether oxygens (including phenoxy) is 1. The maximum absolute atomic E-state index is 11.7. The second-order valence-corrected chi connectivity index (χ2v) is 4.00. The van der Waals surface area contributed by atoms with Gasteiger partial charge in [0.05, 0.1) is 11.5 Å². The van der Waals surface area contributed by atoms with Gasteiger partial charge in [-0.25, -0.2) is 4.79 Å². The molecule has 4 heteroatoms. The molecule has 0 aliphatic rings. The molecule has 1 aromatic carbocycles. The predicted molar refractivity (Wildman–Crippen MR) is 64.0 cm³/mol. The number of hydrogen-bond acceptors (Lipinski definition) is 4. The SMILES string of the molecule is CCOC(=O)c1oc2ccccc2c1SC. The fourth-order valence-corrected chi connectivity index (χ4v) is 2.25. The topological polar surface area (TPSA) is 39.4 Å². The van der Waals surface area contributed by atoms with Crippen molar-refractivity contribution in [3.8, 4) is 0 Å². The summed E-state index contributed by atoms with van der Waals surface area (Å²) >= 11 is 1.49. The molecule has 0 radical (unpaired) electrons. The Kier molecular flexibility index (Phi) is 3.19. The van der Waals surface area contributed by atoms with Crippen LogP contribution in [0.2, 0.25) is 0 Å². The Hall–Kier alpha value is -1.42. The van der Waals surface area contributed by atoms with Crippen molar-refractivity contribution in [2.75, 3.05) is 12.9 Å². The lowest BCUT2D eigenvalue weighted by molar-refractivity contribution is 0.0487. The molecule has 0 aliphatic carbocycles. The number of carbonyl (C=O) groups is 1. The first kappa shape index (κ1) is 11.1. The number of para-hydroxylation sites is 1. The number of furan rings is 1. The number of carbonyl (C=O) groups excluding carboxylic acids is 1. The van der Waals surface area contributed by atoms with Crippen molar-refractivity contribution in [2.45, 2.75) is 11.8 Å². The van der Waals surface area contributed by atoms with E-state index in [9.17, 15) is 4.79 Å². The van der Waals surface area contributed by atoms with Gasteiger partial charge < -0.3 is 9.15 Å². The Balaban J connectivity index is 2.56. The van der Waals surface area contributed by atoms with Crippen LogP contribution in [-0.2, 0) is 4.74 Å². The summed E-state index contributed by atoms with van der Waals surface area (Å²) in [5, 5.41) is 0.957. The standard InChI is InChI=1S/C12H12O3S/c1-3-14-12(13)10-11(16-2)8-6-4-5-7-9(8)15-10/h4-7H,3H2,1-2H3. The predicted octanol–water partition coefficient (Wildman–Crippen LogP) is 3.33. The summed E-state index contributed by atoms with van der Waals surface area (Å²) in [4.78, 5) is 12.5. The first-order valence-electron chi connectivity index (χ1n) is 5.00. The van der Waals surface area contributed by atoms with Gasteiger partial charge in [0.2, 0.25) is 5.76 Å². The highest BCUT2D eigenvalue weighted by Crippen LogP contribution is 2.33. The van der Waals surface area contributed by atoms with Gasteiger partial charge in [0.25, 0.3) is 0 Å². The largest absolute Gasteiger partial charge is 0.460 e. The molecule has 84 valence electrons. The van der Waals surface area contributed by atoms with Crippen LogP contribution in [0.4, 0.5) is 0 Å². The highest BCUT2D eigenvalue weighted by atomic mass is 32.2. The summed E-state index contributed by atoms with van der Waals surface area (Å²) in [6.07, 6.45) is 1.92. The zero-order valence-electron chi connectivity index (χ0n) is 9.15. The van der Waals surface area contributed by atoms with Gasteiger partial charge in [0, 0.05) is 5.39 Å². The van der Waals surface area contributed by atoms with Gasteiger partial charge in [-0.05, 0) is 25.3 Å². The first-order chi connectivity index (χ1) is 7.77. The van der Waals surface area contributed by atoms with Gasteiger partial charge in [0.15, 0.2) is 0 Å². The van der Waals surface area contributed by atoms with E-state index in [0.29, 0.717) is 12.4 Å². The van der Waals surface area contributed by atoms with E-state index in [1.54, 1.807) is 6.92 Å². The third kappa shape index (κ3) is 1.80. The zero-order valence-corrected chi connectivity index (χ0v) is 9.97. The summed E-state index contributed by atoms with van der Waals surface area (Å²) in [6.45, 7) is 2.13. The maximum Gasteiger partial charge on any atom is 0.375 e. The Morgan fingerprint density at radius 1 is 1.44 bits per heavy atom. The van der Waals surface area contributed by atoms with Crippen molar-refractivity contribution < 1.29 is 13.9 Å². The van der Waals surface area contributed by atoms with Crippen molar-refractivity contribution in [1.82, 2.24) is 0 Å². The molecule has 1 aromatic heterocycles. The van der Waals surface area contributed by atoms with E-state index in [2.05, 4.69) is 0 Å². The summed E-state index contributed by atoms with van der Waals surface area (Å²) in [7, 11) is 0. The number of hydrogen-bond donors (Lipinski definition) is 0. The van der Waals surface area contributed by atoms with Crippen molar-refractivity contribution in [2.24, 2.45) is 0 Å². The highest BCUT2D eigenvalue weighted by molar-refractivity contribution is 7.98. The van der Waals surface area contributed by atoms with E-state index in [1.165, 1.54) is 11.8 Å². The van der Waals surface area contributed by atoms with Crippen LogP contribution in [0.15, 0.2) is 33.6 Å². The second-order valence-electron chi connectivity index (χ2n) is 3.18. The molecule has 0 bridgehead atoms. The quantitative estimate of drug-likeness (QED) is 0.605. The van der Waals surface area contributed by atoms with E-state index in [4.69, 9.17) is 9.15 Å². The monoisotopic (exact) mass is 236 g/mol. The molecule has 0 N–H and O–H groups in total. The Bertz CT molecular complexity index is 516. The summed E-state index contributed by atoms with van der Waals surface area (Å²) in [5.41, 5.74) is 0.718. The summed E-state index contributed by atoms with van der Waals surface area (Å²) in [6, 6.07) is 7.59. The molecule has 0 amide bonds. The zero-order chi connectivity index (χ0) is 11.5. The lowest BCUT2D eigenvalue weighted by atomic mass is 10.2. The van der Waals surface area contributed by atoms with Crippen LogP contribution < -0.4 is 0 Å². The number of rotatable bonds is 3. The molecular weight excluding hydrogens is 224 g/mol. The number of benzene rings is 1. The number of esters is 1. The van der Waals surface area contributed by atoms with E-state index < -0.39 is 5.97 Å². The van der Waals surface area contributed by atoms with Gasteiger partial charge in [-0.1, -0.05) is 12.1 Å². The van der Waals surface area contributed by atoms with Crippen LogP contribution >= 0.6 is 11.8 Å². The highest BCUT2D eigenvalue weighted by Gasteiger charge is 2.20. The number of thioether (sulfide) groups is 1. The smallest absolute Gasteiger partial charge is 0.375 e. The van der Waals surface area contributed by atoms with Crippen LogP contribution in [0, 0.1) is 0 Å². The third-order valence-corrected chi connectivity index (χ3v) is 3.03. The maximum atomic E-state index is 11.7. The minimum atomic E-state index is -0.400. The van der Waals surface area contributed by atoms with Gasteiger partial charge in [-0.3, -0.25) is 0 Å². The summed E-state index contributed by atoms with van der Waals surface area (Å²) in [5.74, 6) is -0.0985. The van der Waals surface area contributed by atoms with Crippen LogP contribution in [0.3, 0.4) is 0 Å². The lowest BCUT2D eigenvalue weighted by Crippen LogP contribution is -2.04. The molecule has 2 rings (SSSR count). The average molecular weight is 236 g/mol. The van der Waals surface area contributed by atoms with Gasteiger partial charge in [0.1, 0.15) is 5.58 Å². The van der Waals surface area contributed by atoms with Crippen LogP contribution in [-0.4, -0.2) is 18.8 Å². The van der Waals surface area contributed by atoms with Gasteiger partial charge >= 0.3 is 5.97 Å². The normalized spacial score (nSPS) is 10.6. The van der Waals surface area contributed by atoms with E-state index in [1.807, 2.05) is 30.5 Å². The fraction of sp³-hybridized carbons (Fsp3) is 0.250. The molecule has 16 heavy (non-hydrogen) atoms. The van der Waals surface area contributed by atoms with Crippen molar-refractivity contribution >= 4 is 28.7 Å². The van der Waals surface area contributed by atoms with Crippen LogP contribution in [0.25, 0.3) is 11.0 Å². The van der Waals surface area contributed by atoms with Crippen LogP contribution in [0.5, 0.6) is 0 Å². The van der Waals surface area contributed by atoms with Crippen molar-refractivity contribution in [3.05, 3.63) is 30.0 Å². The summed E-state index contributed by atoms with van der Waals surface area (Å²) < 4.78 is 10.5. The molecule has 0 spiro atoms. The number of fused-ring (bicyclic) bond motifs is 1. The molecule has 3 nitrogen and oxygen atoms in total. The van der Waals surface area contributed by atoms with Crippen molar-refractivity contribution in [3.63, 3.8) is 0 Å². The molecule has 0 saturated carbocycles. The fourth-order valence-electron chi connectivity index (χ4n) is 1.56. The van der Waals surface area contributed by atoms with Gasteiger partial charge in [-0.2, -0.15) is 0 Å². The molecule has 0 fully saturated rings. The first-order valence-corrected chi connectivity index (χ1v) is 6.23. The van der Waals surface area contributed by atoms with Crippen LogP contribution in [0.1, 0.15) is 17.5 Å². The Morgan fingerprint density at radius 2 is 2.19 bits per heavy atom. The minimum Gasteiger partial charge on any atom is -0.460 e. The lowest BCUT2D eigenvalue weighted by Gasteiger charge is -1.99. The molecule has 0 atom stereocenters. The van der Waals surface area contributed by atoms with Gasteiger partial charge in [-0.15, -0.1) is 11.8 Å². The molecule has 2 aromatic rings. The van der Waals surface area contributed by atoms with E-state index >= 15 is 0 Å². The molecule has 0 saturated heterocycles. The molecule has 0 aliphatic heterocycles. The second kappa shape index (κ2) is 4.61. The molecule has 1 heterocycles. The molecular formula is C12H12O3S. The average Bonchev–Trinajstić information content (AvgIpc) is 2.67. The minimum absolute atomic E-state index is 0.301. The molecule has 0 unspecified atom stereocenters. The van der Waals surface area contributed by atoms with E-state index in [0.717, 1.165) is 15.9 Å². The Labute approximate surface area is 97.8 Å². The van der Waals surface area contributed by atoms with E-state index in [-0.39, 0.29) is 0 Å². The third-order valence-electron chi connectivity index (χ3n) is 2.21. The Morgan fingerprint density at radius 3 is 2.88 bits per heavy atom.